The van der Waals surface area contributed by atoms with Gasteiger partial charge in [0.15, 0.2) is 0 Å². The van der Waals surface area contributed by atoms with E-state index in [1.807, 2.05) is 24.3 Å². The van der Waals surface area contributed by atoms with Crippen LogP contribution in [0.5, 0.6) is 0 Å². The first kappa shape index (κ1) is 13.7. The quantitative estimate of drug-likeness (QED) is 0.842. The Morgan fingerprint density at radius 1 is 1.29 bits per heavy atom. The molecule has 0 aliphatic carbocycles. The van der Waals surface area contributed by atoms with Crippen LogP contribution in [0.4, 0.5) is 0 Å². The standard InChI is InChI=1S/C14H19NO2/c1-14(2,3)11-6-4-5-10(9-11)13(17)12(16)7-8-15/h4-6,9,12-13,16-17H,7H2,1-3H3. The molecule has 0 aliphatic rings. The minimum Gasteiger partial charge on any atom is -0.389 e. The molecule has 92 valence electrons. The Bertz CT molecular complexity index is 415. The van der Waals surface area contributed by atoms with Crippen LogP contribution in [0.1, 0.15) is 44.4 Å². The number of rotatable bonds is 3. The second-order valence-electron chi connectivity index (χ2n) is 5.25. The Balaban J connectivity index is 2.96. The molecule has 2 atom stereocenters. The van der Waals surface area contributed by atoms with Crippen LogP contribution in [0.2, 0.25) is 0 Å². The maximum Gasteiger partial charge on any atom is 0.106 e. The van der Waals surface area contributed by atoms with Crippen LogP contribution in [0.25, 0.3) is 0 Å². The lowest BCUT2D eigenvalue weighted by Gasteiger charge is -2.22. The predicted octanol–water partition coefficient (Wildman–Crippen LogP) is 2.29. The molecule has 1 rings (SSSR count). The average Bonchev–Trinajstić information content (AvgIpc) is 2.27. The molecule has 2 N–H and O–H groups in total. The summed E-state index contributed by atoms with van der Waals surface area (Å²) in [6.07, 6.45) is -2.10. The van der Waals surface area contributed by atoms with Gasteiger partial charge in [0.05, 0.1) is 18.6 Å². The van der Waals surface area contributed by atoms with E-state index in [1.165, 1.54) is 0 Å². The Labute approximate surface area is 102 Å². The van der Waals surface area contributed by atoms with E-state index in [9.17, 15) is 10.2 Å². The number of benzene rings is 1. The topological polar surface area (TPSA) is 64.2 Å². The zero-order chi connectivity index (χ0) is 13.1. The molecule has 0 aliphatic heterocycles. The van der Waals surface area contributed by atoms with Gasteiger partial charge in [0, 0.05) is 0 Å². The molecule has 0 amide bonds. The molecular weight excluding hydrogens is 214 g/mol. The van der Waals surface area contributed by atoms with Crippen LogP contribution >= 0.6 is 0 Å². The maximum absolute atomic E-state index is 9.91. The molecule has 2 unspecified atom stereocenters. The van der Waals surface area contributed by atoms with E-state index in [0.29, 0.717) is 5.56 Å². The fraction of sp³-hybridized carbons (Fsp3) is 0.500. The van der Waals surface area contributed by atoms with Crippen molar-refractivity contribution in [3.05, 3.63) is 35.4 Å². The van der Waals surface area contributed by atoms with Gasteiger partial charge in [0.25, 0.3) is 0 Å². The molecular formula is C14H19NO2. The Hall–Kier alpha value is -1.37. The maximum atomic E-state index is 9.91. The number of nitrogens with zero attached hydrogens (tertiary/aromatic N) is 1. The molecule has 0 spiro atoms. The van der Waals surface area contributed by atoms with E-state index >= 15 is 0 Å². The van der Waals surface area contributed by atoms with Gasteiger partial charge in [-0.2, -0.15) is 5.26 Å². The third kappa shape index (κ3) is 3.55. The highest BCUT2D eigenvalue weighted by molar-refractivity contribution is 5.30. The fourth-order valence-corrected chi connectivity index (χ4v) is 1.62. The van der Waals surface area contributed by atoms with E-state index in [1.54, 1.807) is 6.07 Å². The van der Waals surface area contributed by atoms with Crippen molar-refractivity contribution >= 4 is 0 Å². The third-order valence-corrected chi connectivity index (χ3v) is 2.76. The number of nitriles is 1. The van der Waals surface area contributed by atoms with Gasteiger partial charge in [-0.1, -0.05) is 45.0 Å². The molecule has 0 fully saturated rings. The summed E-state index contributed by atoms with van der Waals surface area (Å²) in [7, 11) is 0. The van der Waals surface area contributed by atoms with Crippen molar-refractivity contribution in [3.63, 3.8) is 0 Å². The monoisotopic (exact) mass is 233 g/mol. The summed E-state index contributed by atoms with van der Waals surface area (Å²) in [6.45, 7) is 6.26. The normalized spacial score (nSPS) is 15.1. The zero-order valence-electron chi connectivity index (χ0n) is 10.5. The van der Waals surface area contributed by atoms with E-state index < -0.39 is 12.2 Å². The van der Waals surface area contributed by atoms with Gasteiger partial charge in [0.2, 0.25) is 0 Å². The molecule has 0 saturated carbocycles. The minimum atomic E-state index is -1.03. The molecule has 0 bridgehead atoms. The number of hydrogen-bond donors (Lipinski definition) is 2. The zero-order valence-corrected chi connectivity index (χ0v) is 10.5. The lowest BCUT2D eigenvalue weighted by Crippen LogP contribution is -2.18. The first-order valence-electron chi connectivity index (χ1n) is 5.70. The van der Waals surface area contributed by atoms with Gasteiger partial charge >= 0.3 is 0 Å². The Morgan fingerprint density at radius 3 is 2.47 bits per heavy atom. The highest BCUT2D eigenvalue weighted by Gasteiger charge is 2.20. The van der Waals surface area contributed by atoms with Crippen LogP contribution in [0.3, 0.4) is 0 Å². The van der Waals surface area contributed by atoms with Crippen molar-refractivity contribution in [2.24, 2.45) is 0 Å². The first-order valence-corrected chi connectivity index (χ1v) is 5.70. The highest BCUT2D eigenvalue weighted by atomic mass is 16.3. The van der Waals surface area contributed by atoms with Crippen LogP contribution in [-0.4, -0.2) is 16.3 Å². The van der Waals surface area contributed by atoms with E-state index in [2.05, 4.69) is 20.8 Å². The number of hydrogen-bond acceptors (Lipinski definition) is 3. The second kappa shape index (κ2) is 5.31. The molecule has 1 aromatic rings. The molecule has 3 heteroatoms. The number of aliphatic hydroxyl groups is 2. The van der Waals surface area contributed by atoms with Gasteiger partial charge in [-0.3, -0.25) is 0 Å². The second-order valence-corrected chi connectivity index (χ2v) is 5.25. The van der Waals surface area contributed by atoms with Gasteiger partial charge in [-0.25, -0.2) is 0 Å². The lowest BCUT2D eigenvalue weighted by atomic mass is 9.85. The summed E-state index contributed by atoms with van der Waals surface area (Å²) in [5.74, 6) is 0. The van der Waals surface area contributed by atoms with E-state index in [0.717, 1.165) is 5.56 Å². The van der Waals surface area contributed by atoms with Gasteiger partial charge in [-0.05, 0) is 16.5 Å². The molecule has 0 radical (unpaired) electrons. The van der Waals surface area contributed by atoms with Crippen molar-refractivity contribution in [1.29, 1.82) is 5.26 Å². The van der Waals surface area contributed by atoms with Crippen molar-refractivity contribution in [2.45, 2.75) is 44.8 Å². The van der Waals surface area contributed by atoms with Gasteiger partial charge in [0.1, 0.15) is 6.10 Å². The summed E-state index contributed by atoms with van der Waals surface area (Å²) < 4.78 is 0. The molecule has 0 aromatic heterocycles. The van der Waals surface area contributed by atoms with Crippen molar-refractivity contribution in [2.75, 3.05) is 0 Å². The number of aliphatic hydroxyl groups excluding tert-OH is 2. The summed E-state index contributed by atoms with van der Waals surface area (Å²) in [6, 6.07) is 9.35. The summed E-state index contributed by atoms with van der Waals surface area (Å²) in [5, 5.41) is 28.0. The van der Waals surface area contributed by atoms with Crippen molar-refractivity contribution in [3.8, 4) is 6.07 Å². The smallest absolute Gasteiger partial charge is 0.106 e. The summed E-state index contributed by atoms with van der Waals surface area (Å²) >= 11 is 0. The molecule has 0 saturated heterocycles. The first-order chi connectivity index (χ1) is 7.86. The third-order valence-electron chi connectivity index (χ3n) is 2.76. The highest BCUT2D eigenvalue weighted by Crippen LogP contribution is 2.26. The predicted molar refractivity (Wildman–Crippen MR) is 66.3 cm³/mol. The van der Waals surface area contributed by atoms with Crippen molar-refractivity contribution < 1.29 is 10.2 Å². The molecule has 17 heavy (non-hydrogen) atoms. The molecule has 0 heterocycles. The van der Waals surface area contributed by atoms with E-state index in [-0.39, 0.29) is 11.8 Å². The molecule has 3 nitrogen and oxygen atoms in total. The Morgan fingerprint density at radius 2 is 1.94 bits per heavy atom. The average molecular weight is 233 g/mol. The summed E-state index contributed by atoms with van der Waals surface area (Å²) in [5.41, 5.74) is 1.74. The minimum absolute atomic E-state index is 0.00406. The largest absolute Gasteiger partial charge is 0.389 e. The fourth-order valence-electron chi connectivity index (χ4n) is 1.62. The molecule has 1 aromatic carbocycles. The van der Waals surface area contributed by atoms with Crippen LogP contribution in [0.15, 0.2) is 24.3 Å². The van der Waals surface area contributed by atoms with Crippen LogP contribution < -0.4 is 0 Å². The Kier molecular flexibility index (Phi) is 4.28. The van der Waals surface area contributed by atoms with Gasteiger partial charge in [-0.15, -0.1) is 0 Å². The summed E-state index contributed by atoms with van der Waals surface area (Å²) in [4.78, 5) is 0. The van der Waals surface area contributed by atoms with Gasteiger partial charge < -0.3 is 10.2 Å². The SMILES string of the molecule is CC(C)(C)c1cccc(C(O)C(O)CC#N)c1. The van der Waals surface area contributed by atoms with Crippen LogP contribution in [-0.2, 0) is 5.41 Å². The van der Waals surface area contributed by atoms with Crippen molar-refractivity contribution in [1.82, 2.24) is 0 Å². The lowest BCUT2D eigenvalue weighted by molar-refractivity contribution is 0.0215. The van der Waals surface area contributed by atoms with Crippen LogP contribution in [0, 0.1) is 11.3 Å². The van der Waals surface area contributed by atoms with E-state index in [4.69, 9.17) is 5.26 Å².